The van der Waals surface area contributed by atoms with Crippen molar-refractivity contribution in [3.05, 3.63) is 283 Å². The van der Waals surface area contributed by atoms with Gasteiger partial charge in [0.05, 0.1) is 89.0 Å². The first-order chi connectivity index (χ1) is 47.9. The predicted octanol–water partition coefficient (Wildman–Crippen LogP) is 4.57. The second-order valence-corrected chi connectivity index (χ2v) is 22.6. The number of imide groups is 8. The molecule has 35 heteroatoms. The van der Waals surface area contributed by atoms with Crippen LogP contribution < -0.4 is 0 Å². The Balaban J connectivity index is 0.000000122. The van der Waals surface area contributed by atoms with Gasteiger partial charge in [0.25, 0.3) is 99.0 Å². The van der Waals surface area contributed by atoms with E-state index in [0.717, 1.165) is 0 Å². The van der Waals surface area contributed by atoms with Gasteiger partial charge in [0, 0.05) is 22.2 Å². The molecule has 8 aliphatic rings. The second-order valence-electron chi connectivity index (χ2n) is 20.6. The summed E-state index contributed by atoms with van der Waals surface area (Å²) in [5.74, 6) is -11.5. The number of rotatable bonds is 8. The van der Waals surface area contributed by atoms with Crippen LogP contribution in [0.2, 0.25) is 0 Å². The quantitative estimate of drug-likeness (QED) is 0.148. The van der Waals surface area contributed by atoms with Crippen LogP contribution in [0, 0.1) is 0 Å². The van der Waals surface area contributed by atoms with Crippen molar-refractivity contribution in [2.75, 3.05) is 0 Å². The lowest BCUT2D eigenvalue weighted by Crippen LogP contribution is -2.41. The molecule has 0 aromatic heterocycles. The number of amides is 16. The zero-order valence-electron chi connectivity index (χ0n) is 49.6. The number of benzene rings is 8. The second kappa shape index (κ2) is 26.7. The average Bonchev–Trinajstić information content (AvgIpc) is 1.63. The van der Waals surface area contributed by atoms with E-state index in [0.29, 0.717) is 40.5 Å². The molecule has 2 atom stereocenters. The highest BCUT2D eigenvalue weighted by Gasteiger charge is 2.49. The Kier molecular flexibility index (Phi) is 17.8. The Bertz CT molecular complexity index is 3990. The Labute approximate surface area is 561 Å². The summed E-state index contributed by atoms with van der Waals surface area (Å²) in [6.07, 6.45) is 0. The van der Waals surface area contributed by atoms with E-state index in [9.17, 15) is 99.0 Å². The number of carbonyl (C=O) groups excluding carboxylic acids is 17. The molecule has 0 fully saturated rings. The van der Waals surface area contributed by atoms with Gasteiger partial charge in [-0.2, -0.15) is 0 Å². The summed E-state index contributed by atoms with van der Waals surface area (Å²) in [5.41, 5.74) is 2.58. The van der Waals surface area contributed by atoms with Gasteiger partial charge >= 0.3 is 0 Å². The maximum absolute atomic E-state index is 12.2. The standard InChI is InChI=1S/4C16H8N2O5.CH2O5S2/c4*19-13-9-5-1-2-6-10(9)14(20)17(13)23-18-15(21)11-7-3-4-8-12(11)16(18)22;2-1(7(3)4)8(5)6/h4*1-8H;(H,3,4)(H,5,6)/p-2. The molecule has 16 rings (SSSR count). The largest absolute Gasteiger partial charge is 0.766 e. The van der Waals surface area contributed by atoms with Gasteiger partial charge in [-0.1, -0.05) is 97.1 Å². The van der Waals surface area contributed by atoms with Gasteiger partial charge in [0.2, 0.25) is 0 Å². The smallest absolute Gasteiger partial charge is 0.287 e. The van der Waals surface area contributed by atoms with Crippen LogP contribution in [0.25, 0.3) is 0 Å². The third kappa shape index (κ3) is 11.5. The minimum Gasteiger partial charge on any atom is -0.766 e. The van der Waals surface area contributed by atoms with Crippen molar-refractivity contribution in [1.29, 1.82) is 0 Å². The normalized spacial score (nSPS) is 16.3. The monoisotopic (exact) mass is 1390 g/mol. The minimum atomic E-state index is -3.14. The van der Waals surface area contributed by atoms with Crippen LogP contribution in [0.5, 0.6) is 0 Å². The molecule has 0 N–H and O–H groups in total. The molecule has 0 saturated heterocycles. The highest BCUT2D eigenvalue weighted by molar-refractivity contribution is 8.21. The molecule has 0 spiro atoms. The zero-order valence-corrected chi connectivity index (χ0v) is 51.2. The zero-order chi connectivity index (χ0) is 71.3. The maximum Gasteiger partial charge on any atom is 0.287 e. The minimum absolute atomic E-state index is 0.161. The average molecular weight is 1390 g/mol. The molecule has 8 heterocycles. The molecule has 8 aromatic carbocycles. The van der Waals surface area contributed by atoms with E-state index in [1.807, 2.05) is 0 Å². The number of hydrogen-bond donors (Lipinski definition) is 0. The topological polar surface area (TPSA) is 433 Å². The Hall–Kier alpha value is -13.4. The van der Waals surface area contributed by atoms with Gasteiger partial charge in [-0.25, -0.2) is 0 Å². The summed E-state index contributed by atoms with van der Waals surface area (Å²) in [5, 5.41) is 3.38. The van der Waals surface area contributed by atoms with Gasteiger partial charge in [-0.3, -0.25) is 89.9 Å². The summed E-state index contributed by atoms with van der Waals surface area (Å²) in [6, 6.07) is 49.3. The lowest BCUT2D eigenvalue weighted by atomic mass is 10.1. The van der Waals surface area contributed by atoms with Crippen molar-refractivity contribution in [2.24, 2.45) is 0 Å². The fourth-order valence-electron chi connectivity index (χ4n) is 10.3. The van der Waals surface area contributed by atoms with Crippen LogP contribution in [0.3, 0.4) is 0 Å². The van der Waals surface area contributed by atoms with Crippen molar-refractivity contribution in [3.63, 3.8) is 0 Å². The summed E-state index contributed by atoms with van der Waals surface area (Å²) in [7, 11) is 0. The molecule has 0 radical (unpaired) electrons. The van der Waals surface area contributed by atoms with Gasteiger partial charge in [-0.15, -0.1) is 60.3 Å². The van der Waals surface area contributed by atoms with Gasteiger partial charge in [0.1, 0.15) is 0 Å². The SMILES string of the molecule is O=C(S(=O)[O-])S(=O)[O-].O=C1c2ccccc2C(=O)N1ON1C(=O)c2ccccc2C1=O.O=C1c2ccccc2C(=O)N1ON1C(=O)c2ccccc2C1=O.O=C1c2ccccc2C(=O)N1ON1C(=O)c2ccccc2C1=O.O=C1c2ccccc2C(=O)N1ON1C(=O)c2ccccc2C1=O. The predicted molar refractivity (Wildman–Crippen MR) is 323 cm³/mol. The third-order valence-electron chi connectivity index (χ3n) is 15.0. The van der Waals surface area contributed by atoms with Crippen LogP contribution in [0.4, 0.5) is 4.79 Å². The van der Waals surface area contributed by atoms with E-state index in [2.05, 4.69) is 0 Å². The molecule has 0 saturated carbocycles. The van der Waals surface area contributed by atoms with E-state index < -0.39 is 121 Å². The first-order valence-electron chi connectivity index (χ1n) is 28.2. The Morgan fingerprint density at radius 3 is 0.340 bits per heavy atom. The van der Waals surface area contributed by atoms with Crippen molar-refractivity contribution < 1.29 is 119 Å². The van der Waals surface area contributed by atoms with Gasteiger partial charge in [-0.05, 0) is 97.1 Å². The summed E-state index contributed by atoms with van der Waals surface area (Å²) < 4.78 is 35.8. The summed E-state index contributed by atoms with van der Waals surface area (Å²) in [6.45, 7) is 0. The van der Waals surface area contributed by atoms with E-state index >= 15 is 0 Å². The van der Waals surface area contributed by atoms with Crippen molar-refractivity contribution in [2.45, 2.75) is 0 Å². The fourth-order valence-corrected chi connectivity index (χ4v) is 10.8. The van der Waals surface area contributed by atoms with Crippen molar-refractivity contribution >= 4 is 121 Å². The lowest BCUT2D eigenvalue weighted by Gasteiger charge is -2.18. The molecular formula is C65H32N8O25S2-2. The summed E-state index contributed by atoms with van der Waals surface area (Å²) >= 11 is -6.28. The van der Waals surface area contributed by atoms with Crippen LogP contribution in [0.15, 0.2) is 194 Å². The van der Waals surface area contributed by atoms with E-state index in [1.54, 1.807) is 97.1 Å². The number of hydrogen-bond acceptors (Lipinski definition) is 25. The maximum atomic E-state index is 12.2. The van der Waals surface area contributed by atoms with Crippen LogP contribution in [-0.2, 0) is 41.9 Å². The highest BCUT2D eigenvalue weighted by atomic mass is 32.3. The van der Waals surface area contributed by atoms with E-state index in [-0.39, 0.29) is 89.0 Å². The van der Waals surface area contributed by atoms with Gasteiger partial charge < -0.3 is 9.11 Å². The summed E-state index contributed by atoms with van der Waals surface area (Å²) in [4.78, 5) is 225. The highest BCUT2D eigenvalue weighted by Crippen LogP contribution is 2.33. The molecule has 496 valence electrons. The number of carbonyl (C=O) groups is 17. The molecule has 8 aliphatic heterocycles. The van der Waals surface area contributed by atoms with Crippen LogP contribution in [0.1, 0.15) is 166 Å². The van der Waals surface area contributed by atoms with Crippen molar-refractivity contribution in [1.82, 2.24) is 40.5 Å². The lowest BCUT2D eigenvalue weighted by molar-refractivity contribution is -0.216. The first kappa shape index (κ1) is 66.6. The molecule has 16 amide bonds. The first-order valence-corrected chi connectivity index (χ1v) is 30.4. The molecule has 2 unspecified atom stereocenters. The Morgan fingerprint density at radius 1 is 0.200 bits per heavy atom. The molecule has 0 aliphatic carbocycles. The van der Waals surface area contributed by atoms with Crippen LogP contribution >= 0.6 is 0 Å². The molecular weight excluding hydrogens is 1360 g/mol. The molecule has 100 heavy (non-hydrogen) atoms. The van der Waals surface area contributed by atoms with E-state index in [1.165, 1.54) is 97.1 Å². The molecule has 33 nitrogen and oxygen atoms in total. The number of fused-ring (bicyclic) bond motifs is 8. The van der Waals surface area contributed by atoms with Crippen LogP contribution in [-0.4, -0.2) is 157 Å². The van der Waals surface area contributed by atoms with Gasteiger partial charge in [0.15, 0.2) is 0 Å². The molecule has 8 aromatic rings. The van der Waals surface area contributed by atoms with Crippen molar-refractivity contribution in [3.8, 4) is 0 Å². The third-order valence-corrected chi connectivity index (χ3v) is 16.3. The van der Waals surface area contributed by atoms with E-state index in [4.69, 9.17) is 19.8 Å². The molecule has 0 bridgehead atoms. The Morgan fingerprint density at radius 2 is 0.280 bits per heavy atom. The fraction of sp³-hybridized carbons (Fsp3) is 0. The number of nitrogens with zero attached hydrogens (tertiary/aromatic N) is 8. The number of hydroxylamine groups is 16.